The summed E-state index contributed by atoms with van der Waals surface area (Å²) in [5.74, 6) is 0.150. The minimum Gasteiger partial charge on any atom is -0.493 e. The van der Waals surface area contributed by atoms with E-state index in [9.17, 15) is 10.1 Å². The lowest BCUT2D eigenvalue weighted by Crippen LogP contribution is -2.13. The van der Waals surface area contributed by atoms with Crippen LogP contribution in [0.3, 0.4) is 0 Å². The summed E-state index contributed by atoms with van der Waals surface area (Å²) in [5, 5.41) is 12.7. The van der Waals surface area contributed by atoms with Gasteiger partial charge in [0.15, 0.2) is 5.13 Å². The highest BCUT2D eigenvalue weighted by molar-refractivity contribution is 7.16. The van der Waals surface area contributed by atoms with Crippen LogP contribution in [0.2, 0.25) is 0 Å². The predicted octanol–water partition coefficient (Wildman–Crippen LogP) is 5.45. The van der Waals surface area contributed by atoms with E-state index >= 15 is 0 Å². The molecule has 1 heterocycles. The molecule has 1 amide bonds. The summed E-state index contributed by atoms with van der Waals surface area (Å²) in [5.41, 5.74) is 2.49. The molecule has 0 aliphatic carbocycles. The molecule has 0 aliphatic rings. The van der Waals surface area contributed by atoms with Gasteiger partial charge < -0.3 is 4.74 Å². The van der Waals surface area contributed by atoms with Gasteiger partial charge in [-0.25, -0.2) is 4.98 Å². The fraction of sp³-hybridized carbons (Fsp3) is 0.174. The van der Waals surface area contributed by atoms with Crippen molar-refractivity contribution in [3.8, 4) is 23.1 Å². The second-order valence-electron chi connectivity index (χ2n) is 6.30. The summed E-state index contributed by atoms with van der Waals surface area (Å²) in [6.45, 7) is 4.55. The van der Waals surface area contributed by atoms with Crippen LogP contribution >= 0.6 is 11.3 Å². The number of rotatable bonds is 7. The first kappa shape index (κ1) is 20.3. The van der Waals surface area contributed by atoms with Crippen molar-refractivity contribution in [2.45, 2.75) is 20.3 Å². The van der Waals surface area contributed by atoms with Crippen molar-refractivity contribution >= 4 is 28.5 Å². The number of aryl methyl sites for hydroxylation is 1. The van der Waals surface area contributed by atoms with Gasteiger partial charge in [0.2, 0.25) is 0 Å². The van der Waals surface area contributed by atoms with Crippen LogP contribution in [0.15, 0.2) is 60.2 Å². The fourth-order valence-electron chi connectivity index (χ4n) is 2.73. The molecule has 0 aliphatic heterocycles. The van der Waals surface area contributed by atoms with E-state index in [4.69, 9.17) is 4.74 Å². The molecule has 5 nitrogen and oxygen atoms in total. The third kappa shape index (κ3) is 5.09. The molecular formula is C23H21N3O2S. The predicted molar refractivity (Wildman–Crippen MR) is 117 cm³/mol. The number of aromatic nitrogens is 1. The minimum absolute atomic E-state index is 0.00772. The number of thiazole rings is 1. The number of nitrogens with zero attached hydrogens (tertiary/aromatic N) is 2. The van der Waals surface area contributed by atoms with Crippen molar-refractivity contribution in [2.24, 2.45) is 0 Å². The van der Waals surface area contributed by atoms with Gasteiger partial charge in [-0.3, -0.25) is 10.1 Å². The maximum Gasteiger partial charge on any atom is 0.268 e. The lowest BCUT2D eigenvalue weighted by Gasteiger charge is -2.08. The van der Waals surface area contributed by atoms with E-state index in [1.165, 1.54) is 11.3 Å². The van der Waals surface area contributed by atoms with Gasteiger partial charge in [0, 0.05) is 16.0 Å². The SMILES string of the molecule is CCCOc1ccccc1/C=C(\C#N)C(=O)Nc1nc(-c2ccccc2)c(C)s1. The fourth-order valence-corrected chi connectivity index (χ4v) is 3.56. The molecule has 0 fully saturated rings. The van der Waals surface area contributed by atoms with Gasteiger partial charge in [-0.2, -0.15) is 5.26 Å². The van der Waals surface area contributed by atoms with Crippen molar-refractivity contribution in [2.75, 3.05) is 11.9 Å². The first-order valence-electron chi connectivity index (χ1n) is 9.30. The summed E-state index contributed by atoms with van der Waals surface area (Å²) in [4.78, 5) is 18.2. The minimum atomic E-state index is -0.494. The molecule has 0 saturated carbocycles. The zero-order valence-electron chi connectivity index (χ0n) is 16.3. The Kier molecular flexibility index (Phi) is 6.77. The lowest BCUT2D eigenvalue weighted by molar-refractivity contribution is -0.112. The van der Waals surface area contributed by atoms with E-state index in [-0.39, 0.29) is 5.57 Å². The highest BCUT2D eigenvalue weighted by Crippen LogP contribution is 2.30. The summed E-state index contributed by atoms with van der Waals surface area (Å²) in [6.07, 6.45) is 2.41. The van der Waals surface area contributed by atoms with Crippen LogP contribution in [0.25, 0.3) is 17.3 Å². The van der Waals surface area contributed by atoms with Gasteiger partial charge in [0.1, 0.15) is 17.4 Å². The molecule has 0 bridgehead atoms. The van der Waals surface area contributed by atoms with Gasteiger partial charge in [-0.1, -0.05) is 55.5 Å². The topological polar surface area (TPSA) is 75.0 Å². The Labute approximate surface area is 174 Å². The number of ether oxygens (including phenoxy) is 1. The highest BCUT2D eigenvalue weighted by Gasteiger charge is 2.15. The van der Waals surface area contributed by atoms with E-state index in [0.717, 1.165) is 22.6 Å². The largest absolute Gasteiger partial charge is 0.493 e. The van der Waals surface area contributed by atoms with Gasteiger partial charge in [-0.05, 0) is 25.5 Å². The first-order chi connectivity index (χ1) is 14.1. The van der Waals surface area contributed by atoms with Crippen molar-refractivity contribution in [3.05, 3.63) is 70.6 Å². The Balaban J connectivity index is 1.81. The van der Waals surface area contributed by atoms with E-state index < -0.39 is 5.91 Å². The quantitative estimate of drug-likeness (QED) is 0.420. The van der Waals surface area contributed by atoms with Gasteiger partial charge in [-0.15, -0.1) is 11.3 Å². The van der Waals surface area contributed by atoms with Crippen LogP contribution in [0, 0.1) is 18.3 Å². The number of hydrogen-bond acceptors (Lipinski definition) is 5. The third-order valence-electron chi connectivity index (χ3n) is 4.11. The molecule has 3 rings (SSSR count). The molecule has 3 aromatic rings. The maximum absolute atomic E-state index is 12.7. The summed E-state index contributed by atoms with van der Waals surface area (Å²) in [6, 6.07) is 19.1. The summed E-state index contributed by atoms with van der Waals surface area (Å²) >= 11 is 1.38. The molecule has 0 spiro atoms. The van der Waals surface area contributed by atoms with Crippen LogP contribution in [-0.4, -0.2) is 17.5 Å². The molecule has 1 aromatic heterocycles. The number of amides is 1. The van der Waals surface area contributed by atoms with Gasteiger partial charge in [0.25, 0.3) is 5.91 Å². The molecular weight excluding hydrogens is 382 g/mol. The number of anilines is 1. The maximum atomic E-state index is 12.7. The van der Waals surface area contributed by atoms with Crippen LogP contribution in [-0.2, 0) is 4.79 Å². The Morgan fingerprint density at radius 2 is 1.93 bits per heavy atom. The van der Waals surface area contributed by atoms with Crippen molar-refractivity contribution in [3.63, 3.8) is 0 Å². The monoisotopic (exact) mass is 403 g/mol. The van der Waals surface area contributed by atoms with E-state index in [1.807, 2.05) is 74.5 Å². The molecule has 0 saturated heterocycles. The number of carbonyl (C=O) groups excluding carboxylic acids is 1. The number of benzene rings is 2. The Morgan fingerprint density at radius 3 is 2.66 bits per heavy atom. The van der Waals surface area contributed by atoms with E-state index in [2.05, 4.69) is 10.3 Å². The standard InChI is InChI=1S/C23H21N3O2S/c1-3-13-28-20-12-8-7-11-18(20)14-19(15-24)22(27)26-23-25-21(16(2)29-23)17-9-5-4-6-10-17/h4-12,14H,3,13H2,1-2H3,(H,25,26,27)/b19-14+. The van der Waals surface area contributed by atoms with Crippen LogP contribution in [0.5, 0.6) is 5.75 Å². The summed E-state index contributed by atoms with van der Waals surface area (Å²) < 4.78 is 5.70. The van der Waals surface area contributed by atoms with Gasteiger partial charge >= 0.3 is 0 Å². The van der Waals surface area contributed by atoms with Crippen molar-refractivity contribution in [1.29, 1.82) is 5.26 Å². The van der Waals surface area contributed by atoms with E-state index in [1.54, 1.807) is 6.08 Å². The van der Waals surface area contributed by atoms with Gasteiger partial charge in [0.05, 0.1) is 12.3 Å². The zero-order valence-corrected chi connectivity index (χ0v) is 17.1. The van der Waals surface area contributed by atoms with Crippen LogP contribution in [0.4, 0.5) is 5.13 Å². The Bertz CT molecular complexity index is 1070. The molecule has 1 N–H and O–H groups in total. The second-order valence-corrected chi connectivity index (χ2v) is 7.50. The molecule has 2 aromatic carbocycles. The Morgan fingerprint density at radius 1 is 1.21 bits per heavy atom. The zero-order chi connectivity index (χ0) is 20.6. The average Bonchev–Trinajstić information content (AvgIpc) is 3.11. The number of hydrogen-bond donors (Lipinski definition) is 1. The first-order valence-corrected chi connectivity index (χ1v) is 10.1. The van der Waals surface area contributed by atoms with Crippen molar-refractivity contribution < 1.29 is 9.53 Å². The lowest BCUT2D eigenvalue weighted by atomic mass is 10.1. The number of nitriles is 1. The number of para-hydroxylation sites is 1. The number of nitrogens with one attached hydrogen (secondary N) is 1. The molecule has 0 unspecified atom stereocenters. The average molecular weight is 404 g/mol. The Hall–Kier alpha value is -3.43. The van der Waals surface area contributed by atoms with Crippen LogP contribution in [0.1, 0.15) is 23.8 Å². The van der Waals surface area contributed by atoms with E-state index in [0.29, 0.717) is 23.1 Å². The molecule has 0 radical (unpaired) electrons. The van der Waals surface area contributed by atoms with Crippen LogP contribution < -0.4 is 10.1 Å². The second kappa shape index (κ2) is 9.67. The van der Waals surface area contributed by atoms with Crippen molar-refractivity contribution in [1.82, 2.24) is 4.98 Å². The molecule has 146 valence electrons. The summed E-state index contributed by atoms with van der Waals surface area (Å²) in [7, 11) is 0. The highest BCUT2D eigenvalue weighted by atomic mass is 32.1. The normalized spacial score (nSPS) is 11.0. The molecule has 0 atom stereocenters. The molecule has 29 heavy (non-hydrogen) atoms. The smallest absolute Gasteiger partial charge is 0.268 e. The third-order valence-corrected chi connectivity index (χ3v) is 5.00. The number of carbonyl (C=O) groups is 1. The molecule has 6 heteroatoms.